The lowest BCUT2D eigenvalue weighted by molar-refractivity contribution is 0.1000. The number of rotatable bonds is 4. The van der Waals surface area contributed by atoms with Crippen molar-refractivity contribution >= 4 is 17.5 Å². The number of primary amides is 1. The van der Waals surface area contributed by atoms with Crippen LogP contribution in [0.1, 0.15) is 42.1 Å². The lowest BCUT2D eigenvalue weighted by Crippen LogP contribution is -2.47. The summed E-state index contributed by atoms with van der Waals surface area (Å²) < 4.78 is 0. The minimum absolute atomic E-state index is 0.256. The van der Waals surface area contributed by atoms with Crippen molar-refractivity contribution in [1.29, 1.82) is 0 Å². The Hall–Kier alpha value is -1.06. The maximum atomic E-state index is 11.0. The number of hydrogen-bond acceptors (Lipinski definition) is 2. The number of carbonyl (C=O) groups is 1. The molecule has 0 heterocycles. The van der Waals surface area contributed by atoms with Crippen LogP contribution in [0.2, 0.25) is 5.02 Å². The van der Waals surface area contributed by atoms with Crippen LogP contribution in [-0.2, 0) is 6.54 Å². The summed E-state index contributed by atoms with van der Waals surface area (Å²) in [6, 6.07) is 5.20. The standard InChI is InChI=1S/C13H17ClN2O/c1-13(5-2-6-13)16-8-10-4-3-9(12(15)17)7-11(10)14/h3-4,7,16H,2,5-6,8H2,1H3,(H2,15,17). The third-order valence-corrected chi connectivity index (χ3v) is 3.85. The van der Waals surface area contributed by atoms with E-state index in [-0.39, 0.29) is 5.54 Å². The molecular weight excluding hydrogens is 236 g/mol. The molecule has 2 rings (SSSR count). The molecule has 17 heavy (non-hydrogen) atoms. The molecule has 0 saturated heterocycles. The molecule has 1 aliphatic carbocycles. The van der Waals surface area contributed by atoms with Crippen LogP contribution in [0.3, 0.4) is 0 Å². The molecule has 0 atom stereocenters. The predicted octanol–water partition coefficient (Wildman–Crippen LogP) is 2.47. The SMILES string of the molecule is CC1(NCc2ccc(C(N)=O)cc2Cl)CCC1. The average molecular weight is 253 g/mol. The van der Waals surface area contributed by atoms with Gasteiger partial charge in [0.15, 0.2) is 0 Å². The summed E-state index contributed by atoms with van der Waals surface area (Å²) in [6.07, 6.45) is 3.71. The maximum Gasteiger partial charge on any atom is 0.248 e. The van der Waals surface area contributed by atoms with Crippen molar-refractivity contribution in [1.82, 2.24) is 5.32 Å². The smallest absolute Gasteiger partial charge is 0.248 e. The van der Waals surface area contributed by atoms with E-state index >= 15 is 0 Å². The van der Waals surface area contributed by atoms with Crippen LogP contribution in [0.15, 0.2) is 18.2 Å². The van der Waals surface area contributed by atoms with Crippen molar-refractivity contribution in [3.05, 3.63) is 34.3 Å². The normalized spacial score (nSPS) is 17.5. The molecule has 0 aliphatic heterocycles. The van der Waals surface area contributed by atoms with Crippen LogP contribution in [0, 0.1) is 0 Å². The third-order valence-electron chi connectivity index (χ3n) is 3.50. The van der Waals surface area contributed by atoms with E-state index in [1.54, 1.807) is 12.1 Å². The van der Waals surface area contributed by atoms with Gasteiger partial charge in [0, 0.05) is 22.7 Å². The lowest BCUT2D eigenvalue weighted by Gasteiger charge is -2.39. The predicted molar refractivity (Wildman–Crippen MR) is 69.1 cm³/mol. The number of halogens is 1. The Bertz CT molecular complexity index is 441. The van der Waals surface area contributed by atoms with Gasteiger partial charge in [-0.1, -0.05) is 17.7 Å². The Kier molecular flexibility index (Phi) is 3.40. The molecule has 1 amide bonds. The molecule has 3 nitrogen and oxygen atoms in total. The first-order chi connectivity index (χ1) is 8.00. The molecule has 0 bridgehead atoms. The first-order valence-electron chi connectivity index (χ1n) is 5.83. The fraction of sp³-hybridized carbons (Fsp3) is 0.462. The summed E-state index contributed by atoms with van der Waals surface area (Å²) in [5.41, 5.74) is 6.91. The lowest BCUT2D eigenvalue weighted by atomic mass is 9.78. The number of amides is 1. The highest BCUT2D eigenvalue weighted by molar-refractivity contribution is 6.31. The van der Waals surface area contributed by atoms with Crippen molar-refractivity contribution in [2.24, 2.45) is 5.73 Å². The van der Waals surface area contributed by atoms with Crippen molar-refractivity contribution in [2.45, 2.75) is 38.3 Å². The molecule has 0 radical (unpaired) electrons. The van der Waals surface area contributed by atoms with E-state index in [1.807, 2.05) is 6.07 Å². The van der Waals surface area contributed by atoms with Gasteiger partial charge in [-0.2, -0.15) is 0 Å². The van der Waals surface area contributed by atoms with Gasteiger partial charge in [0.2, 0.25) is 5.91 Å². The van der Waals surface area contributed by atoms with Crippen molar-refractivity contribution < 1.29 is 4.79 Å². The molecule has 0 spiro atoms. The van der Waals surface area contributed by atoms with E-state index in [4.69, 9.17) is 17.3 Å². The Morgan fingerprint density at radius 3 is 2.71 bits per heavy atom. The summed E-state index contributed by atoms with van der Waals surface area (Å²) >= 11 is 6.12. The van der Waals surface area contributed by atoms with Gasteiger partial charge in [-0.25, -0.2) is 0 Å². The van der Waals surface area contributed by atoms with Crippen LogP contribution in [0.25, 0.3) is 0 Å². The van der Waals surface area contributed by atoms with Crippen molar-refractivity contribution in [3.63, 3.8) is 0 Å². The van der Waals surface area contributed by atoms with Gasteiger partial charge in [-0.3, -0.25) is 4.79 Å². The van der Waals surface area contributed by atoms with Crippen LogP contribution in [0.4, 0.5) is 0 Å². The van der Waals surface area contributed by atoms with Crippen LogP contribution in [-0.4, -0.2) is 11.4 Å². The van der Waals surface area contributed by atoms with Gasteiger partial charge >= 0.3 is 0 Å². The minimum atomic E-state index is -0.447. The second-order valence-corrected chi connectivity index (χ2v) is 5.35. The zero-order valence-electron chi connectivity index (χ0n) is 9.92. The Morgan fingerprint density at radius 2 is 2.24 bits per heavy atom. The second kappa shape index (κ2) is 4.67. The zero-order valence-corrected chi connectivity index (χ0v) is 10.7. The Morgan fingerprint density at radius 1 is 1.53 bits per heavy atom. The van der Waals surface area contributed by atoms with Gasteiger partial charge in [-0.05, 0) is 43.9 Å². The molecule has 1 saturated carbocycles. The second-order valence-electron chi connectivity index (χ2n) is 4.94. The molecule has 92 valence electrons. The van der Waals surface area contributed by atoms with E-state index in [0.717, 1.165) is 12.1 Å². The molecule has 3 N–H and O–H groups in total. The van der Waals surface area contributed by atoms with Gasteiger partial charge in [0.25, 0.3) is 0 Å². The van der Waals surface area contributed by atoms with Gasteiger partial charge in [0.1, 0.15) is 0 Å². The summed E-state index contributed by atoms with van der Waals surface area (Å²) in [5, 5.41) is 4.09. The number of hydrogen-bond donors (Lipinski definition) is 2. The van der Waals surface area contributed by atoms with E-state index in [1.165, 1.54) is 19.3 Å². The molecule has 1 aromatic rings. The van der Waals surface area contributed by atoms with E-state index < -0.39 is 5.91 Å². The van der Waals surface area contributed by atoms with Crippen LogP contribution < -0.4 is 11.1 Å². The molecule has 1 aliphatic rings. The monoisotopic (exact) mass is 252 g/mol. The van der Waals surface area contributed by atoms with Crippen molar-refractivity contribution in [2.75, 3.05) is 0 Å². The van der Waals surface area contributed by atoms with E-state index in [2.05, 4.69) is 12.2 Å². The molecule has 1 aromatic carbocycles. The van der Waals surface area contributed by atoms with Crippen LogP contribution in [0.5, 0.6) is 0 Å². The fourth-order valence-corrected chi connectivity index (χ4v) is 2.28. The van der Waals surface area contributed by atoms with Gasteiger partial charge in [-0.15, -0.1) is 0 Å². The third kappa shape index (κ3) is 2.79. The van der Waals surface area contributed by atoms with Crippen molar-refractivity contribution in [3.8, 4) is 0 Å². The molecule has 0 aromatic heterocycles. The van der Waals surface area contributed by atoms with E-state index in [9.17, 15) is 4.79 Å². The molecule has 4 heteroatoms. The van der Waals surface area contributed by atoms with E-state index in [0.29, 0.717) is 10.6 Å². The Balaban J connectivity index is 2.03. The quantitative estimate of drug-likeness (QED) is 0.865. The number of nitrogens with two attached hydrogens (primary N) is 1. The highest BCUT2D eigenvalue weighted by Gasteiger charge is 2.30. The first kappa shape index (κ1) is 12.4. The summed E-state index contributed by atoms with van der Waals surface area (Å²) in [7, 11) is 0. The maximum absolute atomic E-state index is 11.0. The fourth-order valence-electron chi connectivity index (χ4n) is 2.04. The summed E-state index contributed by atoms with van der Waals surface area (Å²) in [5.74, 6) is -0.447. The molecular formula is C13H17ClN2O. The molecule has 0 unspecified atom stereocenters. The van der Waals surface area contributed by atoms with Gasteiger partial charge < -0.3 is 11.1 Å². The number of benzene rings is 1. The van der Waals surface area contributed by atoms with Gasteiger partial charge in [0.05, 0.1) is 0 Å². The summed E-state index contributed by atoms with van der Waals surface area (Å²) in [6.45, 7) is 2.95. The topological polar surface area (TPSA) is 55.1 Å². The zero-order chi connectivity index (χ0) is 12.5. The number of nitrogens with one attached hydrogen (secondary N) is 1. The highest BCUT2D eigenvalue weighted by Crippen LogP contribution is 2.31. The largest absolute Gasteiger partial charge is 0.366 e. The first-order valence-corrected chi connectivity index (χ1v) is 6.21. The van der Waals surface area contributed by atoms with Crippen LogP contribution >= 0.6 is 11.6 Å². The average Bonchev–Trinajstić information content (AvgIpc) is 2.24. The summed E-state index contributed by atoms with van der Waals surface area (Å²) in [4.78, 5) is 11.0. The molecule has 1 fully saturated rings. The highest BCUT2D eigenvalue weighted by atomic mass is 35.5. The number of carbonyl (C=O) groups excluding carboxylic acids is 1. The Labute approximate surface area is 106 Å². The minimum Gasteiger partial charge on any atom is -0.366 e.